The smallest absolute Gasteiger partial charge is 0.124 e. The first-order chi connectivity index (χ1) is 5.58. The Morgan fingerprint density at radius 1 is 1.75 bits per heavy atom. The van der Waals surface area contributed by atoms with Crippen molar-refractivity contribution >= 4 is 11.3 Å². The van der Waals surface area contributed by atoms with Gasteiger partial charge in [-0.3, -0.25) is 0 Å². The highest BCUT2D eigenvalue weighted by Crippen LogP contribution is 2.33. The molecule has 0 radical (unpaired) electrons. The summed E-state index contributed by atoms with van der Waals surface area (Å²) >= 11 is 1.36. The zero-order valence-electron chi connectivity index (χ0n) is 6.98. The summed E-state index contributed by atoms with van der Waals surface area (Å²) in [7, 11) is 0. The molecular formula is C8H10N2OS. The second-order valence-electron chi connectivity index (χ2n) is 3.11. The third-order valence-electron chi connectivity index (χ3n) is 1.66. The van der Waals surface area contributed by atoms with Gasteiger partial charge in [-0.05, 0) is 13.8 Å². The molecule has 0 fully saturated rings. The van der Waals surface area contributed by atoms with E-state index in [2.05, 4.69) is 4.98 Å². The van der Waals surface area contributed by atoms with E-state index < -0.39 is 11.5 Å². The van der Waals surface area contributed by atoms with E-state index in [1.54, 1.807) is 25.4 Å². The van der Waals surface area contributed by atoms with Crippen molar-refractivity contribution in [3.8, 4) is 6.07 Å². The second-order valence-corrected chi connectivity index (χ2v) is 4.03. The Bertz CT molecular complexity index is 287. The Morgan fingerprint density at radius 3 is 2.83 bits per heavy atom. The molecule has 0 aliphatic heterocycles. The highest BCUT2D eigenvalue weighted by Gasteiger charge is 2.30. The number of nitrogens with zero attached hydrogens (tertiary/aromatic N) is 2. The maximum absolute atomic E-state index is 9.66. The monoisotopic (exact) mass is 182 g/mol. The molecule has 4 heteroatoms. The van der Waals surface area contributed by atoms with Crippen molar-refractivity contribution in [3.63, 3.8) is 0 Å². The zero-order chi connectivity index (χ0) is 9.19. The predicted octanol–water partition coefficient (Wildman–Crippen LogP) is 1.73. The molecule has 1 aromatic rings. The van der Waals surface area contributed by atoms with Gasteiger partial charge in [0.1, 0.15) is 11.1 Å². The summed E-state index contributed by atoms with van der Waals surface area (Å²) in [5, 5.41) is 20.8. The van der Waals surface area contributed by atoms with E-state index in [1.165, 1.54) is 11.3 Å². The standard InChI is InChI=1S/C8H10N2OS/c1-8(2,5-9)6(11)7-10-3-4-12-7/h3-4,6,11H,1-2H3. The molecular weight excluding hydrogens is 172 g/mol. The van der Waals surface area contributed by atoms with E-state index in [-0.39, 0.29) is 0 Å². The number of aliphatic hydroxyl groups excluding tert-OH is 1. The van der Waals surface area contributed by atoms with Gasteiger partial charge in [0.15, 0.2) is 0 Å². The van der Waals surface area contributed by atoms with Crippen LogP contribution in [0.25, 0.3) is 0 Å². The van der Waals surface area contributed by atoms with Crippen LogP contribution in [0.1, 0.15) is 25.0 Å². The first kappa shape index (κ1) is 9.17. The van der Waals surface area contributed by atoms with Crippen molar-refractivity contribution in [1.29, 1.82) is 5.26 Å². The van der Waals surface area contributed by atoms with Crippen LogP contribution >= 0.6 is 11.3 Å². The summed E-state index contributed by atoms with van der Waals surface area (Å²) in [6.07, 6.45) is 0.832. The van der Waals surface area contributed by atoms with Gasteiger partial charge in [0.25, 0.3) is 0 Å². The van der Waals surface area contributed by atoms with E-state index in [0.29, 0.717) is 5.01 Å². The predicted molar refractivity (Wildman–Crippen MR) is 46.5 cm³/mol. The summed E-state index contributed by atoms with van der Waals surface area (Å²) in [5.74, 6) is 0. The molecule has 3 nitrogen and oxygen atoms in total. The zero-order valence-corrected chi connectivity index (χ0v) is 7.80. The van der Waals surface area contributed by atoms with Crippen LogP contribution in [0.5, 0.6) is 0 Å². The van der Waals surface area contributed by atoms with Crippen LogP contribution in [0.4, 0.5) is 0 Å². The highest BCUT2D eigenvalue weighted by atomic mass is 32.1. The normalized spacial score (nSPS) is 13.8. The van der Waals surface area contributed by atoms with E-state index in [1.807, 2.05) is 6.07 Å². The summed E-state index contributed by atoms with van der Waals surface area (Å²) in [4.78, 5) is 3.95. The van der Waals surface area contributed by atoms with Crippen molar-refractivity contribution in [3.05, 3.63) is 16.6 Å². The minimum Gasteiger partial charge on any atom is -0.384 e. The van der Waals surface area contributed by atoms with Crippen molar-refractivity contribution in [1.82, 2.24) is 4.98 Å². The van der Waals surface area contributed by atoms with Crippen molar-refractivity contribution in [2.75, 3.05) is 0 Å². The highest BCUT2D eigenvalue weighted by molar-refractivity contribution is 7.09. The van der Waals surface area contributed by atoms with Gasteiger partial charge in [-0.15, -0.1) is 11.3 Å². The lowest BCUT2D eigenvalue weighted by Crippen LogP contribution is -2.19. The number of nitriles is 1. The Morgan fingerprint density at radius 2 is 2.42 bits per heavy atom. The molecule has 1 atom stereocenters. The molecule has 1 N–H and O–H groups in total. The van der Waals surface area contributed by atoms with E-state index >= 15 is 0 Å². The Kier molecular flexibility index (Phi) is 2.46. The van der Waals surface area contributed by atoms with E-state index in [4.69, 9.17) is 5.26 Å². The molecule has 0 saturated heterocycles. The Labute approximate surface area is 75.3 Å². The molecule has 0 amide bonds. The van der Waals surface area contributed by atoms with Crippen LogP contribution in [-0.2, 0) is 0 Å². The largest absolute Gasteiger partial charge is 0.384 e. The molecule has 1 aromatic heterocycles. The molecule has 0 saturated carbocycles. The minimum atomic E-state index is -0.789. The van der Waals surface area contributed by atoms with Crippen LogP contribution in [0.2, 0.25) is 0 Å². The van der Waals surface area contributed by atoms with E-state index in [0.717, 1.165) is 0 Å². The van der Waals surface area contributed by atoms with Gasteiger partial charge in [0.05, 0.1) is 11.5 Å². The Hall–Kier alpha value is -0.920. The van der Waals surface area contributed by atoms with Crippen LogP contribution < -0.4 is 0 Å². The second kappa shape index (κ2) is 3.21. The van der Waals surface area contributed by atoms with Crippen molar-refractivity contribution < 1.29 is 5.11 Å². The summed E-state index contributed by atoms with van der Waals surface area (Å²) < 4.78 is 0. The van der Waals surface area contributed by atoms with Gasteiger partial charge in [0.2, 0.25) is 0 Å². The number of aromatic nitrogens is 1. The average molecular weight is 182 g/mol. The van der Waals surface area contributed by atoms with Gasteiger partial charge in [-0.25, -0.2) is 4.98 Å². The van der Waals surface area contributed by atoms with Crippen molar-refractivity contribution in [2.45, 2.75) is 20.0 Å². The lowest BCUT2D eigenvalue weighted by Gasteiger charge is -2.20. The number of aliphatic hydroxyl groups is 1. The number of rotatable bonds is 2. The van der Waals surface area contributed by atoms with Crippen molar-refractivity contribution in [2.24, 2.45) is 5.41 Å². The molecule has 12 heavy (non-hydrogen) atoms. The van der Waals surface area contributed by atoms with Crippen LogP contribution in [0.3, 0.4) is 0 Å². The average Bonchev–Trinajstić information content (AvgIpc) is 2.55. The van der Waals surface area contributed by atoms with Crippen LogP contribution in [-0.4, -0.2) is 10.1 Å². The number of hydrogen-bond acceptors (Lipinski definition) is 4. The van der Waals surface area contributed by atoms with Crippen LogP contribution in [0.15, 0.2) is 11.6 Å². The minimum absolute atomic E-state index is 0.599. The third-order valence-corrected chi connectivity index (χ3v) is 2.49. The molecule has 1 unspecified atom stereocenters. The molecule has 1 rings (SSSR count). The number of thiazole rings is 1. The van der Waals surface area contributed by atoms with Gasteiger partial charge < -0.3 is 5.11 Å². The SMILES string of the molecule is CC(C)(C#N)C(O)c1nccs1. The van der Waals surface area contributed by atoms with Gasteiger partial charge in [-0.2, -0.15) is 5.26 Å². The molecule has 0 bridgehead atoms. The quantitative estimate of drug-likeness (QED) is 0.757. The molecule has 0 aromatic carbocycles. The molecule has 0 aliphatic carbocycles. The van der Waals surface area contributed by atoms with Gasteiger partial charge >= 0.3 is 0 Å². The fraction of sp³-hybridized carbons (Fsp3) is 0.500. The van der Waals surface area contributed by atoms with Gasteiger partial charge in [0, 0.05) is 11.6 Å². The maximum Gasteiger partial charge on any atom is 0.124 e. The lowest BCUT2D eigenvalue weighted by molar-refractivity contribution is 0.0865. The molecule has 64 valence electrons. The first-order valence-corrected chi connectivity index (χ1v) is 4.44. The lowest BCUT2D eigenvalue weighted by atomic mass is 9.89. The van der Waals surface area contributed by atoms with E-state index in [9.17, 15) is 5.11 Å². The molecule has 1 heterocycles. The summed E-state index contributed by atoms with van der Waals surface area (Å²) in [6.45, 7) is 3.39. The third kappa shape index (κ3) is 1.63. The van der Waals surface area contributed by atoms with Gasteiger partial charge in [-0.1, -0.05) is 0 Å². The Balaban J connectivity index is 2.87. The fourth-order valence-electron chi connectivity index (χ4n) is 0.739. The fourth-order valence-corrected chi connectivity index (χ4v) is 1.55. The number of hydrogen-bond donors (Lipinski definition) is 1. The molecule has 0 spiro atoms. The first-order valence-electron chi connectivity index (χ1n) is 3.56. The van der Waals surface area contributed by atoms with Crippen LogP contribution in [0, 0.1) is 16.7 Å². The summed E-state index contributed by atoms with van der Waals surface area (Å²) in [5.41, 5.74) is -0.766. The summed E-state index contributed by atoms with van der Waals surface area (Å²) in [6, 6.07) is 2.05. The maximum atomic E-state index is 9.66. The topological polar surface area (TPSA) is 56.9 Å². The molecule has 0 aliphatic rings.